The fourth-order valence-corrected chi connectivity index (χ4v) is 5.74. The van der Waals surface area contributed by atoms with E-state index in [4.69, 9.17) is 0 Å². The monoisotopic (exact) mass is 380 g/mol. The van der Waals surface area contributed by atoms with Gasteiger partial charge in [0.25, 0.3) is 0 Å². The first-order chi connectivity index (χ1) is 13.5. The molecule has 28 heavy (non-hydrogen) atoms. The van der Waals surface area contributed by atoms with E-state index >= 15 is 0 Å². The highest BCUT2D eigenvalue weighted by Gasteiger charge is 2.43. The van der Waals surface area contributed by atoms with E-state index in [1.165, 1.54) is 16.7 Å². The fourth-order valence-electron chi connectivity index (χ4n) is 4.46. The lowest BCUT2D eigenvalue weighted by Gasteiger charge is -2.40. The molecule has 140 valence electrons. The molecule has 1 atom stereocenters. The molecule has 0 spiro atoms. The summed E-state index contributed by atoms with van der Waals surface area (Å²) in [6, 6.07) is 33.0. The molecule has 0 heterocycles. The average molecular weight is 381 g/mol. The molecule has 0 aliphatic heterocycles. The molecule has 0 bridgehead atoms. The van der Waals surface area contributed by atoms with Crippen molar-refractivity contribution in [2.45, 2.75) is 25.1 Å². The highest BCUT2D eigenvalue weighted by Crippen LogP contribution is 2.48. The van der Waals surface area contributed by atoms with Gasteiger partial charge < -0.3 is 0 Å². The number of hydrogen-bond acceptors (Lipinski definition) is 0. The Hall–Kier alpha value is -2.64. The van der Waals surface area contributed by atoms with Crippen molar-refractivity contribution >= 4 is 8.07 Å². The van der Waals surface area contributed by atoms with Crippen molar-refractivity contribution in [1.82, 2.24) is 0 Å². The summed E-state index contributed by atoms with van der Waals surface area (Å²) in [5, 5.41) is 1.55. The maximum Gasteiger partial charge on any atom is 0.0771 e. The second kappa shape index (κ2) is 7.41. The lowest BCUT2D eigenvalue weighted by Crippen LogP contribution is -2.36. The van der Waals surface area contributed by atoms with Crippen LogP contribution in [-0.2, 0) is 5.41 Å². The Balaban J connectivity index is 2.03. The molecular weight excluding hydrogens is 352 g/mol. The van der Waals surface area contributed by atoms with Crippen molar-refractivity contribution < 1.29 is 0 Å². The van der Waals surface area contributed by atoms with E-state index in [9.17, 15) is 0 Å². The summed E-state index contributed by atoms with van der Waals surface area (Å²) in [5.41, 5.74) is 3.79. The third-order valence-electron chi connectivity index (χ3n) is 5.90. The van der Waals surface area contributed by atoms with E-state index in [0.717, 1.165) is 0 Å². The molecule has 0 radical (unpaired) electrons. The van der Waals surface area contributed by atoms with Gasteiger partial charge in [-0.1, -0.05) is 134 Å². The number of rotatable bonds is 5. The minimum atomic E-state index is -1.37. The molecule has 1 aliphatic rings. The average Bonchev–Trinajstić information content (AvgIpc) is 3.22. The fraction of sp³-hybridized carbons (Fsp3) is 0.185. The zero-order valence-electron chi connectivity index (χ0n) is 17.0. The van der Waals surface area contributed by atoms with Crippen LogP contribution in [0.4, 0.5) is 0 Å². The van der Waals surface area contributed by atoms with E-state index in [1.54, 1.807) is 5.20 Å². The van der Waals surface area contributed by atoms with Gasteiger partial charge in [-0.3, -0.25) is 0 Å². The third-order valence-corrected chi connectivity index (χ3v) is 7.96. The summed E-state index contributed by atoms with van der Waals surface area (Å²) in [4.78, 5) is 0. The van der Waals surface area contributed by atoms with Crippen LogP contribution in [0.3, 0.4) is 0 Å². The normalized spacial score (nSPS) is 16.8. The van der Waals surface area contributed by atoms with Crippen molar-refractivity contribution in [3.63, 3.8) is 0 Å². The predicted molar refractivity (Wildman–Crippen MR) is 123 cm³/mol. The molecule has 0 fully saturated rings. The van der Waals surface area contributed by atoms with Gasteiger partial charge in [-0.05, 0) is 16.7 Å². The first-order valence-electron chi connectivity index (χ1n) is 10.1. The lowest BCUT2D eigenvalue weighted by atomic mass is 9.62. The minimum absolute atomic E-state index is 0.234. The zero-order valence-corrected chi connectivity index (χ0v) is 18.0. The maximum atomic E-state index is 2.54. The lowest BCUT2D eigenvalue weighted by molar-refractivity contribution is 0.528. The summed E-state index contributed by atoms with van der Waals surface area (Å²) >= 11 is 0. The largest absolute Gasteiger partial charge is 0.0771 e. The Labute approximate surface area is 170 Å². The molecule has 3 aromatic rings. The number of allylic oxidation sites excluding steroid dienone is 4. The smallest absolute Gasteiger partial charge is 0.0768 e. The molecule has 3 aromatic carbocycles. The van der Waals surface area contributed by atoms with Crippen LogP contribution in [0, 0.1) is 5.92 Å². The molecule has 0 saturated carbocycles. The quantitative estimate of drug-likeness (QED) is 0.330. The van der Waals surface area contributed by atoms with Gasteiger partial charge in [-0.25, -0.2) is 0 Å². The van der Waals surface area contributed by atoms with Crippen molar-refractivity contribution in [2.75, 3.05) is 0 Å². The summed E-state index contributed by atoms with van der Waals surface area (Å²) in [5.74, 6) is 0.293. The SMILES string of the molecule is C[Si](C)(C)C1=CC(C(c2ccccc2)(c2ccccc2)c2ccccc2)C=C1. The van der Waals surface area contributed by atoms with Crippen molar-refractivity contribution in [3.8, 4) is 0 Å². The highest BCUT2D eigenvalue weighted by atomic mass is 28.3. The van der Waals surface area contributed by atoms with Crippen LogP contribution in [0.2, 0.25) is 19.6 Å². The van der Waals surface area contributed by atoms with Gasteiger partial charge in [0, 0.05) is 5.92 Å². The Morgan fingerprint density at radius 3 is 1.32 bits per heavy atom. The second-order valence-electron chi connectivity index (χ2n) is 8.66. The zero-order chi connectivity index (χ0) is 19.6. The molecule has 0 amide bonds. The Morgan fingerprint density at radius 2 is 1.00 bits per heavy atom. The molecule has 1 unspecified atom stereocenters. The molecular formula is C27H28Si. The molecule has 1 heteroatoms. The topological polar surface area (TPSA) is 0 Å². The standard InChI is InChI=1S/C27H28Si/c1-28(2,3)26-20-19-25(21-26)27(22-13-7-4-8-14-22,23-15-9-5-10-16-23)24-17-11-6-12-18-24/h4-21,25H,1-3H3. The molecule has 0 nitrogen and oxygen atoms in total. The Bertz CT molecular complexity index is 880. The van der Waals surface area contributed by atoms with E-state index < -0.39 is 8.07 Å². The van der Waals surface area contributed by atoms with E-state index in [0.29, 0.717) is 5.92 Å². The summed E-state index contributed by atoms with van der Waals surface area (Å²) in [6.07, 6.45) is 7.36. The van der Waals surface area contributed by atoms with Crippen LogP contribution in [0.5, 0.6) is 0 Å². The van der Waals surface area contributed by atoms with Gasteiger partial charge in [-0.2, -0.15) is 0 Å². The van der Waals surface area contributed by atoms with Crippen molar-refractivity contribution in [3.05, 3.63) is 131 Å². The Kier molecular flexibility index (Phi) is 4.95. The van der Waals surface area contributed by atoms with Gasteiger partial charge in [0.05, 0.1) is 13.5 Å². The summed E-state index contributed by atoms with van der Waals surface area (Å²) in [7, 11) is -1.37. The highest BCUT2D eigenvalue weighted by molar-refractivity contribution is 6.83. The van der Waals surface area contributed by atoms with Crippen molar-refractivity contribution in [1.29, 1.82) is 0 Å². The van der Waals surface area contributed by atoms with Gasteiger partial charge in [-0.15, -0.1) is 0 Å². The molecule has 1 aliphatic carbocycles. The van der Waals surface area contributed by atoms with E-state index in [1.807, 2.05) is 0 Å². The van der Waals surface area contributed by atoms with Crippen LogP contribution in [0.1, 0.15) is 16.7 Å². The summed E-state index contributed by atoms with van der Waals surface area (Å²) in [6.45, 7) is 7.29. The van der Waals surface area contributed by atoms with E-state index in [2.05, 4.69) is 129 Å². The number of benzene rings is 3. The predicted octanol–water partition coefficient (Wildman–Crippen LogP) is 7.01. The van der Waals surface area contributed by atoms with Gasteiger partial charge in [0.2, 0.25) is 0 Å². The van der Waals surface area contributed by atoms with Crippen LogP contribution < -0.4 is 0 Å². The first-order valence-corrected chi connectivity index (χ1v) is 13.6. The molecule has 0 N–H and O–H groups in total. The third kappa shape index (κ3) is 3.20. The van der Waals surface area contributed by atoms with Gasteiger partial charge in [0.15, 0.2) is 0 Å². The van der Waals surface area contributed by atoms with Gasteiger partial charge in [0.1, 0.15) is 0 Å². The Morgan fingerprint density at radius 1 is 0.607 bits per heavy atom. The van der Waals surface area contributed by atoms with Crippen molar-refractivity contribution in [2.24, 2.45) is 5.92 Å². The minimum Gasteiger partial charge on any atom is -0.0768 e. The van der Waals surface area contributed by atoms with Gasteiger partial charge >= 0.3 is 0 Å². The second-order valence-corrected chi connectivity index (χ2v) is 13.7. The van der Waals surface area contributed by atoms with Crippen LogP contribution in [0.15, 0.2) is 114 Å². The van der Waals surface area contributed by atoms with Crippen LogP contribution in [0.25, 0.3) is 0 Å². The van der Waals surface area contributed by atoms with E-state index in [-0.39, 0.29) is 5.41 Å². The molecule has 0 saturated heterocycles. The molecule has 0 aromatic heterocycles. The maximum absolute atomic E-state index is 2.54. The van der Waals surface area contributed by atoms with Crippen LogP contribution in [-0.4, -0.2) is 8.07 Å². The molecule has 4 rings (SSSR count). The first kappa shape index (κ1) is 18.7. The number of hydrogen-bond donors (Lipinski definition) is 0. The summed E-state index contributed by atoms with van der Waals surface area (Å²) < 4.78 is 0. The van der Waals surface area contributed by atoms with Crippen LogP contribution >= 0.6 is 0 Å².